The molecule has 0 aliphatic carbocycles. The summed E-state index contributed by atoms with van der Waals surface area (Å²) in [6, 6.07) is 18.4. The van der Waals surface area contributed by atoms with Crippen LogP contribution >= 0.6 is 0 Å². The number of H-pyrrole nitrogens is 1. The first-order valence-electron chi connectivity index (χ1n) is 10.3. The third-order valence-electron chi connectivity index (χ3n) is 5.71. The quantitative estimate of drug-likeness (QED) is 0.284. The van der Waals surface area contributed by atoms with Gasteiger partial charge in [-0.3, -0.25) is 15.2 Å². The van der Waals surface area contributed by atoms with E-state index in [1.807, 2.05) is 24.3 Å². The van der Waals surface area contributed by atoms with Crippen LogP contribution in [-0.4, -0.2) is 34.3 Å². The monoisotopic (exact) mass is 440 g/mol. The molecule has 164 valence electrons. The van der Waals surface area contributed by atoms with Crippen molar-refractivity contribution in [3.05, 3.63) is 88.1 Å². The van der Waals surface area contributed by atoms with Crippen molar-refractivity contribution in [2.75, 3.05) is 14.2 Å². The summed E-state index contributed by atoms with van der Waals surface area (Å²) in [6.07, 6.45) is 2.37. The minimum absolute atomic E-state index is 0.0229. The lowest BCUT2D eigenvalue weighted by molar-refractivity contribution is -0.384. The Labute approximate surface area is 189 Å². The van der Waals surface area contributed by atoms with Crippen LogP contribution in [0.4, 0.5) is 5.69 Å². The largest absolute Gasteiger partial charge is 0.493 e. The molecule has 0 amide bonds. The Morgan fingerprint density at radius 2 is 1.76 bits per heavy atom. The third kappa shape index (κ3) is 3.51. The van der Waals surface area contributed by atoms with E-state index in [1.165, 1.54) is 12.1 Å². The summed E-state index contributed by atoms with van der Waals surface area (Å²) in [4.78, 5) is 15.5. The van der Waals surface area contributed by atoms with Gasteiger partial charge in [0, 0.05) is 45.8 Å². The molecule has 5 aromatic rings. The number of benzene rings is 3. The Bertz CT molecular complexity index is 1480. The van der Waals surface area contributed by atoms with Crippen molar-refractivity contribution in [2.45, 2.75) is 6.42 Å². The zero-order chi connectivity index (χ0) is 22.9. The number of pyridine rings is 1. The van der Waals surface area contributed by atoms with Gasteiger partial charge in [-0.05, 0) is 23.8 Å². The lowest BCUT2D eigenvalue weighted by Crippen LogP contribution is -2.01. The number of hydrogen-bond acceptors (Lipinski definition) is 6. The number of fused-ring (bicyclic) bond motifs is 3. The Morgan fingerprint density at radius 1 is 1.00 bits per heavy atom. The number of rotatable bonds is 6. The van der Waals surface area contributed by atoms with Crippen molar-refractivity contribution in [2.24, 2.45) is 0 Å². The highest BCUT2D eigenvalue weighted by Crippen LogP contribution is 2.44. The molecule has 2 aromatic heterocycles. The molecule has 2 heterocycles. The van der Waals surface area contributed by atoms with Crippen LogP contribution in [0.2, 0.25) is 0 Å². The van der Waals surface area contributed by atoms with Gasteiger partial charge in [-0.25, -0.2) is 4.98 Å². The summed E-state index contributed by atoms with van der Waals surface area (Å²) in [5, 5.41) is 21.0. The molecule has 8 heteroatoms. The number of ether oxygens (including phenoxy) is 2. The van der Waals surface area contributed by atoms with E-state index in [0.29, 0.717) is 29.3 Å². The minimum Gasteiger partial charge on any atom is -0.493 e. The van der Waals surface area contributed by atoms with E-state index < -0.39 is 4.92 Å². The first-order valence-corrected chi connectivity index (χ1v) is 10.3. The highest BCUT2D eigenvalue weighted by atomic mass is 16.6. The van der Waals surface area contributed by atoms with Gasteiger partial charge in [0.05, 0.1) is 31.0 Å². The Hall–Kier alpha value is -4.46. The normalized spacial score (nSPS) is 11.1. The summed E-state index contributed by atoms with van der Waals surface area (Å²) in [5.41, 5.74) is 4.14. The van der Waals surface area contributed by atoms with E-state index in [2.05, 4.69) is 22.3 Å². The molecule has 0 aliphatic rings. The second kappa shape index (κ2) is 8.23. The number of nitrogens with zero attached hydrogens (tertiary/aromatic N) is 3. The van der Waals surface area contributed by atoms with E-state index in [0.717, 1.165) is 32.8 Å². The first-order chi connectivity index (χ1) is 16.1. The van der Waals surface area contributed by atoms with Crippen LogP contribution in [0.1, 0.15) is 11.1 Å². The Morgan fingerprint density at radius 3 is 2.42 bits per heavy atom. The van der Waals surface area contributed by atoms with Crippen molar-refractivity contribution in [3.63, 3.8) is 0 Å². The van der Waals surface area contributed by atoms with Crippen molar-refractivity contribution in [1.82, 2.24) is 15.2 Å². The highest BCUT2D eigenvalue weighted by Gasteiger charge is 2.22. The molecule has 0 spiro atoms. The fraction of sp³-hybridized carbons (Fsp3) is 0.120. The molecule has 0 radical (unpaired) electrons. The maximum atomic E-state index is 11.1. The fourth-order valence-corrected chi connectivity index (χ4v) is 4.21. The highest BCUT2D eigenvalue weighted by molar-refractivity contribution is 6.13. The van der Waals surface area contributed by atoms with E-state index in [9.17, 15) is 10.1 Å². The number of non-ortho nitro benzene ring substituents is 1. The van der Waals surface area contributed by atoms with Crippen LogP contribution < -0.4 is 9.47 Å². The molecular formula is C25H20N4O4. The fourth-order valence-electron chi connectivity index (χ4n) is 4.21. The lowest BCUT2D eigenvalue weighted by Gasteiger charge is -2.18. The first kappa shape index (κ1) is 20.4. The van der Waals surface area contributed by atoms with Gasteiger partial charge in [-0.1, -0.05) is 30.3 Å². The van der Waals surface area contributed by atoms with Crippen molar-refractivity contribution in [1.29, 1.82) is 0 Å². The summed E-state index contributed by atoms with van der Waals surface area (Å²) in [6.45, 7) is 0. The molecule has 8 nitrogen and oxygen atoms in total. The summed E-state index contributed by atoms with van der Waals surface area (Å²) >= 11 is 0. The molecule has 0 saturated carbocycles. The Balaban J connectivity index is 1.86. The smallest absolute Gasteiger partial charge is 0.269 e. The van der Waals surface area contributed by atoms with Crippen LogP contribution in [0.3, 0.4) is 0 Å². The average molecular weight is 440 g/mol. The SMILES string of the molecule is COc1cc2c(-c3ccc([N+](=O)[O-])cc3)nc3[nH]ncc3c2c(Cc2ccccc2)c1OC. The molecule has 3 aromatic carbocycles. The number of hydrogen-bond donors (Lipinski definition) is 1. The van der Waals surface area contributed by atoms with E-state index in [-0.39, 0.29) is 5.69 Å². The van der Waals surface area contributed by atoms with Gasteiger partial charge >= 0.3 is 0 Å². The zero-order valence-electron chi connectivity index (χ0n) is 18.0. The summed E-state index contributed by atoms with van der Waals surface area (Å²) in [5.74, 6) is 1.24. The standard InChI is InChI=1S/C25H20N4O4/c1-32-21-13-18-22(19(24(21)33-2)12-15-6-4-3-5-7-15)20-14-26-28-25(20)27-23(18)16-8-10-17(11-9-16)29(30)31/h3-11,13-14H,12H2,1-2H3,(H,26,27,28). The van der Waals surface area contributed by atoms with Crippen LogP contribution in [-0.2, 0) is 6.42 Å². The molecule has 0 aliphatic heterocycles. The predicted molar refractivity (Wildman–Crippen MR) is 126 cm³/mol. The second-order valence-electron chi connectivity index (χ2n) is 7.57. The molecule has 1 N–H and O–H groups in total. The number of nitro benzene ring substituents is 1. The summed E-state index contributed by atoms with van der Waals surface area (Å²) in [7, 11) is 3.23. The Kier molecular flexibility index (Phi) is 5.10. The second-order valence-corrected chi connectivity index (χ2v) is 7.57. The maximum Gasteiger partial charge on any atom is 0.269 e. The number of nitrogens with one attached hydrogen (secondary N) is 1. The molecule has 33 heavy (non-hydrogen) atoms. The minimum atomic E-state index is -0.417. The number of aromatic amines is 1. The molecule has 0 saturated heterocycles. The number of nitro groups is 1. The van der Waals surface area contributed by atoms with Crippen molar-refractivity contribution >= 4 is 27.5 Å². The van der Waals surface area contributed by atoms with Gasteiger partial charge in [-0.2, -0.15) is 5.10 Å². The van der Waals surface area contributed by atoms with Crippen LogP contribution in [0.15, 0.2) is 66.9 Å². The van der Waals surface area contributed by atoms with Crippen molar-refractivity contribution in [3.8, 4) is 22.8 Å². The van der Waals surface area contributed by atoms with Gasteiger partial charge in [0.25, 0.3) is 5.69 Å². The zero-order valence-corrected chi connectivity index (χ0v) is 18.0. The van der Waals surface area contributed by atoms with E-state index >= 15 is 0 Å². The predicted octanol–water partition coefficient (Wildman–Crippen LogP) is 5.29. The molecule has 0 bridgehead atoms. The van der Waals surface area contributed by atoms with Gasteiger partial charge in [0.15, 0.2) is 17.1 Å². The maximum absolute atomic E-state index is 11.1. The topological polar surface area (TPSA) is 103 Å². The summed E-state index contributed by atoms with van der Waals surface area (Å²) < 4.78 is 11.5. The molecule has 0 fully saturated rings. The van der Waals surface area contributed by atoms with Gasteiger partial charge in [0.2, 0.25) is 0 Å². The van der Waals surface area contributed by atoms with Crippen LogP contribution in [0.25, 0.3) is 33.1 Å². The number of aromatic nitrogens is 3. The van der Waals surface area contributed by atoms with Crippen LogP contribution in [0, 0.1) is 10.1 Å². The molecule has 0 atom stereocenters. The molecular weight excluding hydrogens is 420 g/mol. The van der Waals surface area contributed by atoms with Crippen LogP contribution in [0.5, 0.6) is 11.5 Å². The average Bonchev–Trinajstić information content (AvgIpc) is 3.32. The van der Waals surface area contributed by atoms with Crippen molar-refractivity contribution < 1.29 is 14.4 Å². The molecule has 5 rings (SSSR count). The van der Waals surface area contributed by atoms with E-state index in [4.69, 9.17) is 14.5 Å². The van der Waals surface area contributed by atoms with Gasteiger partial charge in [0.1, 0.15) is 0 Å². The van der Waals surface area contributed by atoms with E-state index in [1.54, 1.807) is 32.5 Å². The molecule has 0 unspecified atom stereocenters. The lowest BCUT2D eigenvalue weighted by atomic mass is 9.93. The van der Waals surface area contributed by atoms with Gasteiger partial charge < -0.3 is 9.47 Å². The third-order valence-corrected chi connectivity index (χ3v) is 5.71. The van der Waals surface area contributed by atoms with Gasteiger partial charge in [-0.15, -0.1) is 0 Å². The number of methoxy groups -OCH3 is 2.